The van der Waals surface area contributed by atoms with Crippen molar-refractivity contribution >= 4 is 17.8 Å². The Balaban J connectivity index is 1.32. The van der Waals surface area contributed by atoms with Crippen LogP contribution in [0.3, 0.4) is 0 Å². The number of amides is 2. The Kier molecular flexibility index (Phi) is 8.18. The first-order valence-corrected chi connectivity index (χ1v) is 14.6. The summed E-state index contributed by atoms with van der Waals surface area (Å²) in [5, 5.41) is 15.4. The molecule has 4 aliphatic rings. The average molecular weight is 581 g/mol. The van der Waals surface area contributed by atoms with E-state index in [9.17, 15) is 32.7 Å². The molecule has 4 atom stereocenters. The van der Waals surface area contributed by atoms with Gasteiger partial charge < -0.3 is 25.2 Å². The van der Waals surface area contributed by atoms with Crippen molar-refractivity contribution in [2.75, 3.05) is 6.54 Å². The molecular formula is C30H39F3N2O6. The number of benzene rings is 1. The molecule has 4 aliphatic carbocycles. The standard InChI is InChI=1S/C30H39F3N2O6/c1-29(8-3-9-29)15-34-26(37)23-16-4-5-17(12-16)24(23)35-25(36)19-13-22(20(31)14-21(19)41-28(32)33)40-18-6-10-30(2,11-7-18)27(38)39/h13-14,16-18,23-24,28H,3-12,15H2,1-2H3,(H,34,37)(H,35,36)(H,38,39)/t16-,17+,18?,23+,24-,30?/m1/s1. The number of hydrogen-bond acceptors (Lipinski definition) is 5. The van der Waals surface area contributed by atoms with Crippen LogP contribution in [0.1, 0.15) is 88.4 Å². The van der Waals surface area contributed by atoms with E-state index in [0.29, 0.717) is 38.3 Å². The lowest BCUT2D eigenvalue weighted by Gasteiger charge is -2.39. The lowest BCUT2D eigenvalue weighted by atomic mass is 9.70. The Hall–Kier alpha value is -2.98. The van der Waals surface area contributed by atoms with Crippen LogP contribution in [0, 0.1) is 34.4 Å². The maximum atomic E-state index is 15.0. The maximum Gasteiger partial charge on any atom is 0.387 e. The Morgan fingerprint density at radius 3 is 2.32 bits per heavy atom. The van der Waals surface area contributed by atoms with Gasteiger partial charge in [0, 0.05) is 18.7 Å². The highest BCUT2D eigenvalue weighted by atomic mass is 19.3. The number of nitrogens with one attached hydrogen (secondary N) is 2. The van der Waals surface area contributed by atoms with Crippen molar-refractivity contribution in [3.8, 4) is 11.5 Å². The number of alkyl halides is 2. The molecule has 0 radical (unpaired) electrons. The second-order valence-electron chi connectivity index (χ2n) is 13.1. The van der Waals surface area contributed by atoms with E-state index < -0.39 is 53.5 Å². The predicted molar refractivity (Wildman–Crippen MR) is 142 cm³/mol. The first-order valence-electron chi connectivity index (χ1n) is 14.6. The van der Waals surface area contributed by atoms with Crippen LogP contribution < -0.4 is 20.1 Å². The van der Waals surface area contributed by atoms with Crippen LogP contribution >= 0.6 is 0 Å². The lowest BCUT2D eigenvalue weighted by Crippen LogP contribution is -2.51. The highest BCUT2D eigenvalue weighted by Gasteiger charge is 2.52. The zero-order chi connectivity index (χ0) is 29.5. The van der Waals surface area contributed by atoms with E-state index in [4.69, 9.17) is 4.74 Å². The number of carboxylic acid groups (broad SMARTS) is 1. The normalized spacial score (nSPS) is 31.8. The highest BCUT2D eigenvalue weighted by molar-refractivity contribution is 5.98. The van der Waals surface area contributed by atoms with Crippen molar-refractivity contribution < 1.29 is 42.1 Å². The van der Waals surface area contributed by atoms with Crippen LogP contribution in [0.4, 0.5) is 13.2 Å². The number of halogens is 3. The van der Waals surface area contributed by atoms with Gasteiger partial charge >= 0.3 is 12.6 Å². The minimum atomic E-state index is -3.28. The lowest BCUT2D eigenvalue weighted by molar-refractivity contribution is -0.150. The molecule has 0 aromatic heterocycles. The Morgan fingerprint density at radius 1 is 1.02 bits per heavy atom. The van der Waals surface area contributed by atoms with Crippen molar-refractivity contribution in [2.24, 2.45) is 28.6 Å². The van der Waals surface area contributed by atoms with Gasteiger partial charge in [-0.05, 0) is 88.0 Å². The van der Waals surface area contributed by atoms with E-state index in [-0.39, 0.29) is 34.5 Å². The molecule has 1 aromatic carbocycles. The molecule has 0 unspecified atom stereocenters. The molecule has 0 heterocycles. The third kappa shape index (κ3) is 6.14. The molecule has 11 heteroatoms. The average Bonchev–Trinajstić information content (AvgIpc) is 3.50. The maximum absolute atomic E-state index is 15.0. The van der Waals surface area contributed by atoms with Gasteiger partial charge in [-0.1, -0.05) is 13.3 Å². The van der Waals surface area contributed by atoms with E-state index >= 15 is 0 Å². The minimum Gasteiger partial charge on any atom is -0.487 e. The van der Waals surface area contributed by atoms with Crippen LogP contribution in [0.25, 0.3) is 0 Å². The third-order valence-electron chi connectivity index (χ3n) is 10.1. The van der Waals surface area contributed by atoms with Crippen molar-refractivity contribution in [1.29, 1.82) is 0 Å². The van der Waals surface area contributed by atoms with Gasteiger partial charge in [0.05, 0.1) is 23.0 Å². The third-order valence-corrected chi connectivity index (χ3v) is 10.1. The monoisotopic (exact) mass is 580 g/mol. The molecular weight excluding hydrogens is 541 g/mol. The number of rotatable bonds is 10. The van der Waals surface area contributed by atoms with Crippen molar-refractivity contribution in [2.45, 2.75) is 96.8 Å². The van der Waals surface area contributed by atoms with Gasteiger partial charge in [-0.15, -0.1) is 0 Å². The molecule has 2 amide bonds. The van der Waals surface area contributed by atoms with E-state index in [1.54, 1.807) is 6.92 Å². The Morgan fingerprint density at radius 2 is 1.71 bits per heavy atom. The van der Waals surface area contributed by atoms with Crippen LogP contribution in [0.15, 0.2) is 12.1 Å². The van der Waals surface area contributed by atoms with E-state index in [0.717, 1.165) is 44.6 Å². The van der Waals surface area contributed by atoms with Gasteiger partial charge in [-0.2, -0.15) is 8.78 Å². The summed E-state index contributed by atoms with van der Waals surface area (Å²) >= 11 is 0. The minimum absolute atomic E-state index is 0.0837. The number of aliphatic carboxylic acids is 1. The molecule has 1 aromatic rings. The quantitative estimate of drug-likeness (QED) is 0.347. The van der Waals surface area contributed by atoms with Gasteiger partial charge in [0.15, 0.2) is 11.6 Å². The van der Waals surface area contributed by atoms with E-state index in [1.807, 2.05) is 0 Å². The van der Waals surface area contributed by atoms with Crippen LogP contribution in [0.2, 0.25) is 0 Å². The molecule has 3 N–H and O–H groups in total. The van der Waals surface area contributed by atoms with Gasteiger partial charge in [-0.3, -0.25) is 14.4 Å². The number of fused-ring (bicyclic) bond motifs is 2. The SMILES string of the molecule is CC1(CNC(=O)[C@H]2[C@@H]3CC[C@@H](C3)[C@H]2NC(=O)c2cc(OC3CCC(C)(C(=O)O)CC3)c(F)cc2OC(F)F)CCC1. The zero-order valence-electron chi connectivity index (χ0n) is 23.5. The number of carboxylic acids is 1. The fourth-order valence-electron chi connectivity index (χ4n) is 7.22. The van der Waals surface area contributed by atoms with Crippen LogP contribution in [-0.2, 0) is 9.59 Å². The summed E-state index contributed by atoms with van der Waals surface area (Å²) in [6, 6.07) is 1.30. The van der Waals surface area contributed by atoms with Crippen molar-refractivity contribution in [1.82, 2.24) is 10.6 Å². The number of carbonyl (C=O) groups is 3. The predicted octanol–water partition coefficient (Wildman–Crippen LogP) is 5.29. The van der Waals surface area contributed by atoms with E-state index in [1.165, 1.54) is 0 Å². The second-order valence-corrected chi connectivity index (χ2v) is 13.1. The molecule has 0 saturated heterocycles. The summed E-state index contributed by atoms with van der Waals surface area (Å²) in [5.41, 5.74) is -1.10. The Labute approximate surface area is 237 Å². The van der Waals surface area contributed by atoms with Crippen molar-refractivity contribution in [3.63, 3.8) is 0 Å². The molecule has 0 spiro atoms. The smallest absolute Gasteiger partial charge is 0.387 e. The Bertz CT molecular complexity index is 1180. The molecule has 8 nitrogen and oxygen atoms in total. The van der Waals surface area contributed by atoms with Crippen molar-refractivity contribution in [3.05, 3.63) is 23.5 Å². The molecule has 41 heavy (non-hydrogen) atoms. The summed E-state index contributed by atoms with van der Waals surface area (Å²) in [5.74, 6) is -3.84. The van der Waals surface area contributed by atoms with Gasteiger partial charge in [0.2, 0.25) is 5.91 Å². The summed E-state index contributed by atoms with van der Waals surface area (Å²) < 4.78 is 51.7. The van der Waals surface area contributed by atoms with Crippen LogP contribution in [-0.4, -0.2) is 48.2 Å². The summed E-state index contributed by atoms with van der Waals surface area (Å²) in [7, 11) is 0. The molecule has 2 bridgehead atoms. The number of ether oxygens (including phenoxy) is 2. The highest BCUT2D eigenvalue weighted by Crippen LogP contribution is 2.49. The molecule has 4 saturated carbocycles. The first-order chi connectivity index (χ1) is 19.4. The fraction of sp³-hybridized carbons (Fsp3) is 0.700. The number of carbonyl (C=O) groups excluding carboxylic acids is 2. The zero-order valence-corrected chi connectivity index (χ0v) is 23.5. The summed E-state index contributed by atoms with van der Waals surface area (Å²) in [4.78, 5) is 38.3. The summed E-state index contributed by atoms with van der Waals surface area (Å²) in [6.07, 6.45) is 6.71. The summed E-state index contributed by atoms with van der Waals surface area (Å²) in [6.45, 7) is 1.10. The molecule has 5 rings (SSSR count). The topological polar surface area (TPSA) is 114 Å². The largest absolute Gasteiger partial charge is 0.487 e. The fourth-order valence-corrected chi connectivity index (χ4v) is 7.22. The van der Waals surface area contributed by atoms with Gasteiger partial charge in [0.1, 0.15) is 5.75 Å². The van der Waals surface area contributed by atoms with E-state index in [2.05, 4.69) is 22.3 Å². The van der Waals surface area contributed by atoms with Gasteiger partial charge in [-0.25, -0.2) is 4.39 Å². The van der Waals surface area contributed by atoms with Crippen LogP contribution in [0.5, 0.6) is 11.5 Å². The molecule has 4 fully saturated rings. The first kappa shape index (κ1) is 29.5. The van der Waals surface area contributed by atoms with Gasteiger partial charge in [0.25, 0.3) is 5.91 Å². The molecule has 226 valence electrons. The molecule has 0 aliphatic heterocycles. The second kappa shape index (κ2) is 11.4. The number of hydrogen-bond donors (Lipinski definition) is 3.